The molecular formula is C10H11N5O2. The minimum absolute atomic E-state index is 0.226. The van der Waals surface area contributed by atoms with Crippen LogP contribution in [-0.2, 0) is 18.0 Å². The summed E-state index contributed by atoms with van der Waals surface area (Å²) >= 11 is 0. The molecule has 0 unspecified atom stereocenters. The van der Waals surface area contributed by atoms with Gasteiger partial charge < -0.3 is 4.84 Å². The summed E-state index contributed by atoms with van der Waals surface area (Å²) in [6.07, 6.45) is 1.45. The molecule has 2 aromatic rings. The lowest BCUT2D eigenvalue weighted by Gasteiger charge is -1.98. The molecule has 7 nitrogen and oxygen atoms in total. The van der Waals surface area contributed by atoms with E-state index in [2.05, 4.69) is 20.7 Å². The van der Waals surface area contributed by atoms with Gasteiger partial charge in [0.2, 0.25) is 0 Å². The van der Waals surface area contributed by atoms with E-state index in [-0.39, 0.29) is 12.2 Å². The molecule has 0 spiro atoms. The Morgan fingerprint density at radius 3 is 2.94 bits per heavy atom. The van der Waals surface area contributed by atoms with E-state index in [0.717, 1.165) is 10.2 Å². The quantitative estimate of drug-likeness (QED) is 0.589. The molecule has 1 aromatic heterocycles. The van der Waals surface area contributed by atoms with E-state index in [4.69, 9.17) is 4.84 Å². The maximum Gasteiger partial charge on any atom is 0.361 e. The van der Waals surface area contributed by atoms with Crippen LogP contribution in [0.4, 0.5) is 0 Å². The maximum atomic E-state index is 11.0. The van der Waals surface area contributed by atoms with Crippen molar-refractivity contribution in [2.45, 2.75) is 13.2 Å². The maximum absolute atomic E-state index is 11.0. The third-order valence-corrected chi connectivity index (χ3v) is 2.01. The number of hydrogen-bond donors (Lipinski definition) is 1. The van der Waals surface area contributed by atoms with Crippen molar-refractivity contribution in [1.29, 1.82) is 0 Å². The number of rotatable bonds is 5. The van der Waals surface area contributed by atoms with E-state index in [0.29, 0.717) is 6.61 Å². The topological polar surface area (TPSA) is 85.2 Å². The molecule has 17 heavy (non-hydrogen) atoms. The van der Waals surface area contributed by atoms with E-state index < -0.39 is 0 Å². The number of benzene rings is 1. The third-order valence-electron chi connectivity index (χ3n) is 2.01. The second kappa shape index (κ2) is 5.59. The van der Waals surface area contributed by atoms with Crippen molar-refractivity contribution in [3.63, 3.8) is 0 Å². The van der Waals surface area contributed by atoms with E-state index >= 15 is 0 Å². The smallest absolute Gasteiger partial charge is 0.361 e. The highest BCUT2D eigenvalue weighted by Gasteiger charge is 1.94. The minimum atomic E-state index is -0.375. The second-order valence-corrected chi connectivity index (χ2v) is 3.24. The predicted octanol–water partition coefficient (Wildman–Crippen LogP) is 0.169. The molecule has 0 aliphatic heterocycles. The number of aromatic amines is 1. The van der Waals surface area contributed by atoms with Crippen LogP contribution in [0.15, 0.2) is 40.3 Å². The van der Waals surface area contributed by atoms with Crippen LogP contribution in [0, 0.1) is 0 Å². The van der Waals surface area contributed by atoms with Crippen LogP contribution in [0.2, 0.25) is 0 Å². The molecular weight excluding hydrogens is 222 g/mol. The van der Waals surface area contributed by atoms with Gasteiger partial charge in [0.25, 0.3) is 0 Å². The summed E-state index contributed by atoms with van der Waals surface area (Å²) in [6.45, 7) is 0.620. The van der Waals surface area contributed by atoms with Crippen LogP contribution in [-0.4, -0.2) is 26.4 Å². The Morgan fingerprint density at radius 1 is 1.41 bits per heavy atom. The largest absolute Gasteiger partial charge is 0.391 e. The van der Waals surface area contributed by atoms with Crippen molar-refractivity contribution in [2.24, 2.45) is 5.16 Å². The highest BCUT2D eigenvalue weighted by Crippen LogP contribution is 1.99. The molecule has 88 valence electrons. The molecule has 7 heteroatoms. The number of nitrogens with zero attached hydrogens (tertiary/aromatic N) is 4. The molecule has 0 atom stereocenters. The third kappa shape index (κ3) is 3.26. The summed E-state index contributed by atoms with van der Waals surface area (Å²) in [6, 6.07) is 9.67. The first kappa shape index (κ1) is 11.1. The Kier molecular flexibility index (Phi) is 3.64. The molecule has 0 aliphatic carbocycles. The SMILES string of the molecule is O=c1[nH]nnn1CC=NOCc1ccccc1. The Hall–Kier alpha value is -2.44. The number of oxime groups is 1. The normalized spacial score (nSPS) is 10.8. The van der Waals surface area contributed by atoms with Crippen molar-refractivity contribution < 1.29 is 4.84 Å². The summed E-state index contributed by atoms with van der Waals surface area (Å²) in [5.41, 5.74) is 0.655. The first-order chi connectivity index (χ1) is 8.36. The summed E-state index contributed by atoms with van der Waals surface area (Å²) < 4.78 is 1.13. The second-order valence-electron chi connectivity index (χ2n) is 3.24. The van der Waals surface area contributed by atoms with Gasteiger partial charge in [-0.25, -0.2) is 9.89 Å². The number of H-pyrrole nitrogens is 1. The molecule has 1 aromatic carbocycles. The monoisotopic (exact) mass is 233 g/mol. The lowest BCUT2D eigenvalue weighted by molar-refractivity contribution is 0.131. The van der Waals surface area contributed by atoms with Crippen LogP contribution in [0.25, 0.3) is 0 Å². The molecule has 0 radical (unpaired) electrons. The first-order valence-electron chi connectivity index (χ1n) is 5.02. The predicted molar refractivity (Wildman–Crippen MR) is 60.4 cm³/mol. The van der Waals surface area contributed by atoms with Gasteiger partial charge in [0.05, 0.1) is 12.8 Å². The number of hydrogen-bond acceptors (Lipinski definition) is 5. The zero-order valence-electron chi connectivity index (χ0n) is 8.98. The van der Waals surface area contributed by atoms with Gasteiger partial charge in [-0.2, -0.15) is 4.68 Å². The van der Waals surface area contributed by atoms with Crippen LogP contribution in [0.3, 0.4) is 0 Å². The molecule has 1 heterocycles. The first-order valence-corrected chi connectivity index (χ1v) is 5.02. The Balaban J connectivity index is 1.76. The van der Waals surface area contributed by atoms with E-state index in [1.807, 2.05) is 30.3 Å². The van der Waals surface area contributed by atoms with E-state index in [1.54, 1.807) is 0 Å². The van der Waals surface area contributed by atoms with Gasteiger partial charge in [0.15, 0.2) is 0 Å². The molecule has 0 saturated carbocycles. The van der Waals surface area contributed by atoms with Gasteiger partial charge in [-0.3, -0.25) is 0 Å². The van der Waals surface area contributed by atoms with E-state index in [1.165, 1.54) is 6.21 Å². The van der Waals surface area contributed by atoms with Gasteiger partial charge in [0.1, 0.15) is 6.61 Å². The van der Waals surface area contributed by atoms with Gasteiger partial charge in [-0.15, -0.1) is 0 Å². The molecule has 2 rings (SSSR count). The Morgan fingerprint density at radius 2 is 2.24 bits per heavy atom. The average Bonchev–Trinajstić information content (AvgIpc) is 2.76. The van der Waals surface area contributed by atoms with Crippen molar-refractivity contribution in [1.82, 2.24) is 20.2 Å². The zero-order chi connectivity index (χ0) is 11.9. The Labute approximate surface area is 96.7 Å². The van der Waals surface area contributed by atoms with Crippen molar-refractivity contribution >= 4 is 6.21 Å². The molecule has 1 N–H and O–H groups in total. The number of nitrogens with one attached hydrogen (secondary N) is 1. The lowest BCUT2D eigenvalue weighted by Crippen LogP contribution is -2.18. The highest BCUT2D eigenvalue weighted by atomic mass is 16.6. The summed E-state index contributed by atoms with van der Waals surface area (Å²) in [5, 5.41) is 12.8. The fraction of sp³-hybridized carbons (Fsp3) is 0.200. The van der Waals surface area contributed by atoms with Crippen LogP contribution in [0.5, 0.6) is 0 Å². The lowest BCUT2D eigenvalue weighted by atomic mass is 10.2. The molecule has 0 bridgehead atoms. The Bertz CT molecular complexity index is 531. The van der Waals surface area contributed by atoms with Crippen molar-refractivity contribution in [2.75, 3.05) is 0 Å². The fourth-order valence-corrected chi connectivity index (χ4v) is 1.19. The van der Waals surface area contributed by atoms with Crippen molar-refractivity contribution in [3.8, 4) is 0 Å². The minimum Gasteiger partial charge on any atom is -0.391 e. The fourth-order valence-electron chi connectivity index (χ4n) is 1.19. The molecule has 0 aliphatic rings. The molecule has 0 amide bonds. The van der Waals surface area contributed by atoms with Gasteiger partial charge in [0, 0.05) is 0 Å². The van der Waals surface area contributed by atoms with E-state index in [9.17, 15) is 4.79 Å². The highest BCUT2D eigenvalue weighted by molar-refractivity contribution is 5.55. The van der Waals surface area contributed by atoms with Crippen LogP contribution in [0.1, 0.15) is 5.56 Å². The standard InChI is InChI=1S/C10H11N5O2/c16-10-12-13-14-15(10)7-6-11-17-8-9-4-2-1-3-5-9/h1-6H,7-8H2,(H,12,14,16). The molecule has 0 fully saturated rings. The van der Waals surface area contributed by atoms with Gasteiger partial charge >= 0.3 is 5.69 Å². The van der Waals surface area contributed by atoms with Gasteiger partial charge in [-0.05, 0) is 16.0 Å². The zero-order valence-corrected chi connectivity index (χ0v) is 8.98. The van der Waals surface area contributed by atoms with Gasteiger partial charge in [-0.1, -0.05) is 35.5 Å². The number of aromatic nitrogens is 4. The molecule has 0 saturated heterocycles. The van der Waals surface area contributed by atoms with Crippen LogP contribution < -0.4 is 5.69 Å². The summed E-state index contributed by atoms with van der Waals surface area (Å²) in [5.74, 6) is 0. The van der Waals surface area contributed by atoms with Crippen molar-refractivity contribution in [3.05, 3.63) is 46.4 Å². The number of tetrazole rings is 1. The van der Waals surface area contributed by atoms with Crippen LogP contribution >= 0.6 is 0 Å². The average molecular weight is 233 g/mol. The summed E-state index contributed by atoms with van der Waals surface area (Å²) in [7, 11) is 0. The summed E-state index contributed by atoms with van der Waals surface area (Å²) in [4.78, 5) is 16.0.